The highest BCUT2D eigenvalue weighted by Crippen LogP contribution is 2.10. The van der Waals surface area contributed by atoms with Gasteiger partial charge in [0, 0.05) is 29.6 Å². The lowest BCUT2D eigenvalue weighted by Crippen LogP contribution is -1.92. The number of rotatable bonds is 2. The van der Waals surface area contributed by atoms with Crippen LogP contribution in [-0.2, 0) is 0 Å². The predicted molar refractivity (Wildman–Crippen MR) is 95.6 cm³/mol. The zero-order chi connectivity index (χ0) is 18.2. The molecule has 0 fully saturated rings. The van der Waals surface area contributed by atoms with Crippen molar-refractivity contribution in [3.05, 3.63) is 71.6 Å². The Morgan fingerprint density at radius 1 is 0.808 bits per heavy atom. The highest BCUT2D eigenvalue weighted by atomic mass is 16.5. The van der Waals surface area contributed by atoms with Gasteiger partial charge in [0.25, 0.3) is 0 Å². The Morgan fingerprint density at radius 3 is 2.23 bits per heavy atom. The van der Waals surface area contributed by atoms with E-state index in [1.807, 2.05) is 24.3 Å². The third-order valence-electron chi connectivity index (χ3n) is 3.25. The van der Waals surface area contributed by atoms with Gasteiger partial charge in [-0.1, -0.05) is 17.8 Å². The van der Waals surface area contributed by atoms with Crippen molar-refractivity contribution in [3.63, 3.8) is 0 Å². The van der Waals surface area contributed by atoms with E-state index >= 15 is 0 Å². The van der Waals surface area contributed by atoms with Gasteiger partial charge < -0.3 is 9.47 Å². The minimum absolute atomic E-state index is 0.407. The van der Waals surface area contributed by atoms with Gasteiger partial charge in [0.1, 0.15) is 11.9 Å². The van der Waals surface area contributed by atoms with E-state index in [2.05, 4.69) is 43.6 Å². The first-order valence-electron chi connectivity index (χ1n) is 7.63. The van der Waals surface area contributed by atoms with Crippen LogP contribution in [0.15, 0.2) is 49.1 Å². The minimum atomic E-state index is 0.407. The fourth-order valence-corrected chi connectivity index (χ4v) is 1.99. The lowest BCUT2D eigenvalue weighted by atomic mass is 10.1. The zero-order valence-corrected chi connectivity index (χ0v) is 14.2. The molecule has 126 valence electrons. The topological polar surface area (TPSA) is 70.0 Å². The van der Waals surface area contributed by atoms with Crippen LogP contribution in [0, 0.1) is 23.7 Å². The van der Waals surface area contributed by atoms with Gasteiger partial charge in [-0.15, -0.1) is 0 Å². The standard InChI is InChI=1S/C20H14N4O2/c1-25-19-11-12-22-18(24-19)10-8-16-5-3-15(4-6-16)7-9-17-13-21-14-23-20(17)26-2/h3-6,11-14H,1-2H3. The monoisotopic (exact) mass is 342 g/mol. The molecule has 0 saturated heterocycles. The molecule has 0 unspecified atom stereocenters. The number of hydrogen-bond acceptors (Lipinski definition) is 6. The predicted octanol–water partition coefficient (Wildman–Crippen LogP) is 2.08. The quantitative estimate of drug-likeness (QED) is 0.664. The van der Waals surface area contributed by atoms with Gasteiger partial charge in [-0.2, -0.15) is 4.98 Å². The molecule has 3 rings (SSSR count). The number of methoxy groups -OCH3 is 2. The second kappa shape index (κ2) is 8.27. The number of aromatic nitrogens is 4. The molecule has 2 heterocycles. The maximum Gasteiger partial charge on any atom is 0.232 e. The first kappa shape index (κ1) is 16.9. The van der Waals surface area contributed by atoms with Crippen LogP contribution in [-0.4, -0.2) is 34.2 Å². The van der Waals surface area contributed by atoms with E-state index in [4.69, 9.17) is 9.47 Å². The first-order valence-corrected chi connectivity index (χ1v) is 7.63. The van der Waals surface area contributed by atoms with Gasteiger partial charge >= 0.3 is 0 Å². The molecule has 0 N–H and O–H groups in total. The van der Waals surface area contributed by atoms with Gasteiger partial charge in [-0.05, 0) is 30.2 Å². The van der Waals surface area contributed by atoms with Crippen LogP contribution in [0.2, 0.25) is 0 Å². The molecule has 0 spiro atoms. The van der Waals surface area contributed by atoms with Gasteiger partial charge in [-0.3, -0.25) is 0 Å². The van der Waals surface area contributed by atoms with Crippen LogP contribution < -0.4 is 9.47 Å². The van der Waals surface area contributed by atoms with E-state index in [-0.39, 0.29) is 0 Å². The second-order valence-corrected chi connectivity index (χ2v) is 4.95. The molecule has 0 radical (unpaired) electrons. The van der Waals surface area contributed by atoms with Gasteiger partial charge in [0.2, 0.25) is 17.6 Å². The van der Waals surface area contributed by atoms with E-state index < -0.39 is 0 Å². The Balaban J connectivity index is 1.76. The Kier molecular flexibility index (Phi) is 5.39. The third kappa shape index (κ3) is 4.34. The zero-order valence-electron chi connectivity index (χ0n) is 14.2. The number of benzene rings is 1. The van der Waals surface area contributed by atoms with E-state index in [1.165, 1.54) is 6.33 Å². The maximum atomic E-state index is 5.15. The van der Waals surface area contributed by atoms with E-state index in [0.29, 0.717) is 23.1 Å². The Hall–Kier alpha value is -3.90. The molecule has 1 aromatic carbocycles. The molecular formula is C20H14N4O2. The van der Waals surface area contributed by atoms with E-state index in [0.717, 1.165) is 11.1 Å². The van der Waals surface area contributed by atoms with E-state index in [1.54, 1.807) is 32.7 Å². The molecule has 0 aliphatic heterocycles. The molecular weight excluding hydrogens is 328 g/mol. The average molecular weight is 342 g/mol. The molecule has 6 nitrogen and oxygen atoms in total. The van der Waals surface area contributed by atoms with Crippen LogP contribution in [0.3, 0.4) is 0 Å². The molecule has 0 bridgehead atoms. The van der Waals surface area contributed by atoms with Crippen molar-refractivity contribution in [2.45, 2.75) is 0 Å². The largest absolute Gasteiger partial charge is 0.481 e. The summed E-state index contributed by atoms with van der Waals surface area (Å²) < 4.78 is 10.2. The number of nitrogens with zero attached hydrogens (tertiary/aromatic N) is 4. The lowest BCUT2D eigenvalue weighted by molar-refractivity contribution is 0.395. The highest BCUT2D eigenvalue weighted by molar-refractivity contribution is 5.48. The van der Waals surface area contributed by atoms with Gasteiger partial charge in [-0.25, -0.2) is 15.0 Å². The van der Waals surface area contributed by atoms with Crippen LogP contribution in [0.1, 0.15) is 22.5 Å². The van der Waals surface area contributed by atoms with Gasteiger partial charge in [0.15, 0.2) is 0 Å². The molecule has 26 heavy (non-hydrogen) atoms. The molecule has 0 aliphatic carbocycles. The highest BCUT2D eigenvalue weighted by Gasteiger charge is 1.99. The SMILES string of the molecule is COc1ccnc(C#Cc2ccc(C#Cc3cncnc3OC)cc2)n1. The summed E-state index contributed by atoms with van der Waals surface area (Å²) in [5, 5.41) is 0. The molecule has 6 heteroatoms. The maximum absolute atomic E-state index is 5.15. The van der Waals surface area contributed by atoms with Crippen LogP contribution in [0.5, 0.6) is 11.8 Å². The molecule has 3 aromatic rings. The third-order valence-corrected chi connectivity index (χ3v) is 3.25. The smallest absolute Gasteiger partial charge is 0.232 e. The molecule has 0 atom stereocenters. The van der Waals surface area contributed by atoms with Crippen molar-refractivity contribution in [1.29, 1.82) is 0 Å². The fraction of sp³-hybridized carbons (Fsp3) is 0.100. The van der Waals surface area contributed by atoms with Crippen molar-refractivity contribution >= 4 is 0 Å². The summed E-state index contributed by atoms with van der Waals surface area (Å²) in [5.41, 5.74) is 2.32. The van der Waals surface area contributed by atoms with Crippen molar-refractivity contribution in [3.8, 4) is 35.4 Å². The van der Waals surface area contributed by atoms with E-state index in [9.17, 15) is 0 Å². The average Bonchev–Trinajstić information content (AvgIpc) is 2.72. The molecule has 0 amide bonds. The Morgan fingerprint density at radius 2 is 1.54 bits per heavy atom. The summed E-state index contributed by atoms with van der Waals surface area (Å²) in [6.07, 6.45) is 4.65. The summed E-state index contributed by atoms with van der Waals surface area (Å²) in [5.74, 6) is 13.3. The van der Waals surface area contributed by atoms with Crippen molar-refractivity contribution in [2.24, 2.45) is 0 Å². The van der Waals surface area contributed by atoms with Crippen molar-refractivity contribution in [1.82, 2.24) is 19.9 Å². The summed E-state index contributed by atoms with van der Waals surface area (Å²) in [6, 6.07) is 9.22. The number of hydrogen-bond donors (Lipinski definition) is 0. The molecule has 0 aliphatic rings. The molecule has 0 saturated carbocycles. The van der Waals surface area contributed by atoms with Gasteiger partial charge in [0.05, 0.1) is 14.2 Å². The normalized spacial score (nSPS) is 9.31. The first-order chi connectivity index (χ1) is 12.8. The summed E-state index contributed by atoms with van der Waals surface area (Å²) in [7, 11) is 3.10. The number of ether oxygens (including phenoxy) is 2. The van der Waals surface area contributed by atoms with Crippen LogP contribution >= 0.6 is 0 Å². The summed E-state index contributed by atoms with van der Waals surface area (Å²) in [6.45, 7) is 0. The lowest BCUT2D eigenvalue weighted by Gasteiger charge is -1.98. The Labute approximate surface area is 151 Å². The fourth-order valence-electron chi connectivity index (χ4n) is 1.99. The summed E-state index contributed by atoms with van der Waals surface area (Å²) >= 11 is 0. The molecule has 2 aromatic heterocycles. The van der Waals surface area contributed by atoms with Crippen LogP contribution in [0.4, 0.5) is 0 Å². The van der Waals surface area contributed by atoms with Crippen molar-refractivity contribution in [2.75, 3.05) is 14.2 Å². The second-order valence-electron chi connectivity index (χ2n) is 4.95. The minimum Gasteiger partial charge on any atom is -0.481 e. The van der Waals surface area contributed by atoms with Crippen LogP contribution in [0.25, 0.3) is 0 Å². The Bertz CT molecular complexity index is 1030. The van der Waals surface area contributed by atoms with Crippen molar-refractivity contribution < 1.29 is 9.47 Å². The summed E-state index contributed by atoms with van der Waals surface area (Å²) in [4.78, 5) is 16.2.